The SMILES string of the molecule is CCc1cccnc1C(=O)Nc1ccc(OCCN)cc1. The number of benzene rings is 1. The Labute approximate surface area is 124 Å². The molecule has 1 aromatic heterocycles. The van der Waals surface area contributed by atoms with Crippen molar-refractivity contribution in [3.63, 3.8) is 0 Å². The van der Waals surface area contributed by atoms with Gasteiger partial charge in [0.15, 0.2) is 0 Å². The van der Waals surface area contributed by atoms with E-state index in [1.54, 1.807) is 30.5 Å². The van der Waals surface area contributed by atoms with Crippen molar-refractivity contribution in [3.05, 3.63) is 53.9 Å². The molecule has 0 saturated carbocycles. The van der Waals surface area contributed by atoms with Gasteiger partial charge in [0.05, 0.1) is 0 Å². The van der Waals surface area contributed by atoms with E-state index in [9.17, 15) is 4.79 Å². The van der Waals surface area contributed by atoms with E-state index in [1.807, 2.05) is 19.1 Å². The highest BCUT2D eigenvalue weighted by Gasteiger charge is 2.11. The lowest BCUT2D eigenvalue weighted by Gasteiger charge is -2.09. The van der Waals surface area contributed by atoms with E-state index in [4.69, 9.17) is 10.5 Å². The number of carbonyl (C=O) groups excluding carboxylic acids is 1. The first kappa shape index (κ1) is 15.0. The molecule has 0 atom stereocenters. The minimum atomic E-state index is -0.205. The van der Waals surface area contributed by atoms with Gasteiger partial charge in [-0.25, -0.2) is 0 Å². The maximum atomic E-state index is 12.2. The number of ether oxygens (including phenoxy) is 1. The number of carbonyl (C=O) groups is 1. The maximum absolute atomic E-state index is 12.2. The zero-order chi connectivity index (χ0) is 15.1. The van der Waals surface area contributed by atoms with Gasteiger partial charge in [-0.2, -0.15) is 0 Å². The molecule has 2 rings (SSSR count). The summed E-state index contributed by atoms with van der Waals surface area (Å²) in [7, 11) is 0. The van der Waals surface area contributed by atoms with Crippen molar-refractivity contribution in [2.45, 2.75) is 13.3 Å². The number of amides is 1. The normalized spacial score (nSPS) is 10.2. The lowest BCUT2D eigenvalue weighted by Crippen LogP contribution is -2.16. The molecule has 3 N–H and O–H groups in total. The lowest BCUT2D eigenvalue weighted by molar-refractivity contribution is 0.102. The van der Waals surface area contributed by atoms with Gasteiger partial charge in [-0.05, 0) is 42.3 Å². The smallest absolute Gasteiger partial charge is 0.274 e. The summed E-state index contributed by atoms with van der Waals surface area (Å²) in [6.45, 7) is 2.94. The highest BCUT2D eigenvalue weighted by Crippen LogP contribution is 2.17. The van der Waals surface area contributed by atoms with Crippen LogP contribution in [-0.4, -0.2) is 24.0 Å². The Morgan fingerprint density at radius 2 is 2.05 bits per heavy atom. The molecular formula is C16H19N3O2. The van der Waals surface area contributed by atoms with Crippen LogP contribution in [-0.2, 0) is 6.42 Å². The molecule has 0 aliphatic heterocycles. The van der Waals surface area contributed by atoms with Gasteiger partial charge in [0, 0.05) is 18.4 Å². The Balaban J connectivity index is 2.05. The van der Waals surface area contributed by atoms with Gasteiger partial charge in [-0.1, -0.05) is 13.0 Å². The fraction of sp³-hybridized carbons (Fsp3) is 0.250. The van der Waals surface area contributed by atoms with E-state index in [-0.39, 0.29) is 5.91 Å². The van der Waals surface area contributed by atoms with Gasteiger partial charge in [-0.15, -0.1) is 0 Å². The molecule has 0 bridgehead atoms. The summed E-state index contributed by atoms with van der Waals surface area (Å²) in [5.41, 5.74) is 7.47. The second-order valence-electron chi connectivity index (χ2n) is 4.48. The van der Waals surface area contributed by atoms with Gasteiger partial charge in [-0.3, -0.25) is 9.78 Å². The number of hydrogen-bond donors (Lipinski definition) is 2. The van der Waals surface area contributed by atoms with Crippen molar-refractivity contribution in [2.75, 3.05) is 18.5 Å². The lowest BCUT2D eigenvalue weighted by atomic mass is 10.1. The van der Waals surface area contributed by atoms with Crippen LogP contribution < -0.4 is 15.8 Å². The molecule has 0 aliphatic carbocycles. The molecule has 110 valence electrons. The molecule has 2 aromatic rings. The minimum absolute atomic E-state index is 0.205. The Kier molecular flexibility index (Phi) is 5.29. The summed E-state index contributed by atoms with van der Waals surface area (Å²) in [6, 6.07) is 10.9. The molecule has 1 amide bonds. The van der Waals surface area contributed by atoms with Crippen LogP contribution in [0.5, 0.6) is 5.75 Å². The first-order valence-corrected chi connectivity index (χ1v) is 6.92. The third-order valence-corrected chi connectivity index (χ3v) is 2.99. The predicted molar refractivity (Wildman–Crippen MR) is 82.6 cm³/mol. The fourth-order valence-corrected chi connectivity index (χ4v) is 1.93. The van der Waals surface area contributed by atoms with Crippen molar-refractivity contribution >= 4 is 11.6 Å². The van der Waals surface area contributed by atoms with Gasteiger partial charge in [0.2, 0.25) is 0 Å². The molecule has 5 heteroatoms. The van der Waals surface area contributed by atoms with Crippen LogP contribution in [0, 0.1) is 0 Å². The average molecular weight is 285 g/mol. The molecule has 21 heavy (non-hydrogen) atoms. The number of aryl methyl sites for hydroxylation is 1. The van der Waals surface area contributed by atoms with Crippen molar-refractivity contribution in [1.29, 1.82) is 0 Å². The molecule has 0 fully saturated rings. The Bertz CT molecular complexity index is 597. The summed E-state index contributed by atoms with van der Waals surface area (Å²) in [4.78, 5) is 16.4. The quantitative estimate of drug-likeness (QED) is 0.853. The standard InChI is InChI=1S/C16H19N3O2/c1-2-12-4-3-10-18-15(12)16(20)19-13-5-7-14(8-6-13)21-11-9-17/h3-8,10H,2,9,11,17H2,1H3,(H,19,20). The number of nitrogens with one attached hydrogen (secondary N) is 1. The van der Waals surface area contributed by atoms with Crippen LogP contribution in [0.25, 0.3) is 0 Å². The van der Waals surface area contributed by atoms with Crippen molar-refractivity contribution < 1.29 is 9.53 Å². The number of nitrogens with two attached hydrogens (primary N) is 1. The van der Waals surface area contributed by atoms with Crippen molar-refractivity contribution in [3.8, 4) is 5.75 Å². The van der Waals surface area contributed by atoms with E-state index in [0.29, 0.717) is 24.5 Å². The van der Waals surface area contributed by atoms with Crippen LogP contribution >= 0.6 is 0 Å². The summed E-state index contributed by atoms with van der Waals surface area (Å²) in [6.07, 6.45) is 2.39. The van der Waals surface area contributed by atoms with Crippen LogP contribution in [0.2, 0.25) is 0 Å². The molecule has 1 heterocycles. The molecular weight excluding hydrogens is 266 g/mol. The van der Waals surface area contributed by atoms with E-state index >= 15 is 0 Å². The van der Waals surface area contributed by atoms with E-state index in [2.05, 4.69) is 10.3 Å². The van der Waals surface area contributed by atoms with Crippen molar-refractivity contribution in [1.82, 2.24) is 4.98 Å². The third kappa shape index (κ3) is 4.03. The van der Waals surface area contributed by atoms with Gasteiger partial charge >= 0.3 is 0 Å². The number of anilines is 1. The summed E-state index contributed by atoms with van der Waals surface area (Å²) >= 11 is 0. The van der Waals surface area contributed by atoms with Crippen LogP contribution in [0.15, 0.2) is 42.6 Å². The monoisotopic (exact) mass is 285 g/mol. The predicted octanol–water partition coefficient (Wildman–Crippen LogP) is 2.23. The number of rotatable bonds is 6. The van der Waals surface area contributed by atoms with Gasteiger partial charge < -0.3 is 15.8 Å². The molecule has 0 radical (unpaired) electrons. The molecule has 0 unspecified atom stereocenters. The maximum Gasteiger partial charge on any atom is 0.274 e. The first-order valence-electron chi connectivity index (χ1n) is 6.92. The van der Waals surface area contributed by atoms with Crippen LogP contribution in [0.4, 0.5) is 5.69 Å². The van der Waals surface area contributed by atoms with Crippen LogP contribution in [0.3, 0.4) is 0 Å². The number of aromatic nitrogens is 1. The van der Waals surface area contributed by atoms with Crippen molar-refractivity contribution in [2.24, 2.45) is 5.73 Å². The molecule has 5 nitrogen and oxygen atoms in total. The summed E-state index contributed by atoms with van der Waals surface area (Å²) in [5, 5.41) is 2.83. The molecule has 1 aromatic carbocycles. The Hall–Kier alpha value is -2.40. The molecule has 0 spiro atoms. The van der Waals surface area contributed by atoms with Gasteiger partial charge in [0.25, 0.3) is 5.91 Å². The molecule has 0 saturated heterocycles. The third-order valence-electron chi connectivity index (χ3n) is 2.99. The fourth-order valence-electron chi connectivity index (χ4n) is 1.93. The van der Waals surface area contributed by atoms with Crippen LogP contribution in [0.1, 0.15) is 23.0 Å². The van der Waals surface area contributed by atoms with E-state index in [1.165, 1.54) is 0 Å². The van der Waals surface area contributed by atoms with E-state index < -0.39 is 0 Å². The highest BCUT2D eigenvalue weighted by molar-refractivity contribution is 6.03. The Morgan fingerprint density at radius 1 is 1.29 bits per heavy atom. The summed E-state index contributed by atoms with van der Waals surface area (Å²) in [5.74, 6) is 0.522. The Morgan fingerprint density at radius 3 is 2.71 bits per heavy atom. The minimum Gasteiger partial charge on any atom is -0.492 e. The zero-order valence-corrected chi connectivity index (χ0v) is 12.0. The average Bonchev–Trinajstić information content (AvgIpc) is 2.54. The molecule has 0 aliphatic rings. The first-order chi connectivity index (χ1) is 10.2. The topological polar surface area (TPSA) is 77.2 Å². The zero-order valence-electron chi connectivity index (χ0n) is 12.0. The van der Waals surface area contributed by atoms with Gasteiger partial charge in [0.1, 0.15) is 18.1 Å². The largest absolute Gasteiger partial charge is 0.492 e. The van der Waals surface area contributed by atoms with E-state index in [0.717, 1.165) is 17.7 Å². The second kappa shape index (κ2) is 7.40. The number of nitrogens with zero attached hydrogens (tertiary/aromatic N) is 1. The second-order valence-corrected chi connectivity index (χ2v) is 4.48. The highest BCUT2D eigenvalue weighted by atomic mass is 16.5. The number of pyridine rings is 1. The number of hydrogen-bond acceptors (Lipinski definition) is 4. The summed E-state index contributed by atoms with van der Waals surface area (Å²) < 4.78 is 5.39.